The molecule has 2 aromatic carbocycles. The molecule has 3 aromatic heterocycles. The molecule has 4 heterocycles. The Morgan fingerprint density at radius 1 is 1.05 bits per heavy atom. The van der Waals surface area contributed by atoms with Crippen molar-refractivity contribution in [3.63, 3.8) is 0 Å². The van der Waals surface area contributed by atoms with E-state index in [0.29, 0.717) is 46.7 Å². The number of carbonyl (C=O) groups excluding carboxylic acids is 1. The summed E-state index contributed by atoms with van der Waals surface area (Å²) in [5.74, 6) is 0.549. The molecule has 1 amide bonds. The zero-order chi connectivity index (χ0) is 27.7. The third-order valence-corrected chi connectivity index (χ3v) is 9.28. The van der Waals surface area contributed by atoms with Gasteiger partial charge in [-0.05, 0) is 49.1 Å². The second-order valence-electron chi connectivity index (χ2n) is 10.2. The van der Waals surface area contributed by atoms with Crippen LogP contribution in [0.25, 0.3) is 22.5 Å². The first-order valence-corrected chi connectivity index (χ1v) is 15.2. The van der Waals surface area contributed by atoms with Crippen LogP contribution in [0.3, 0.4) is 0 Å². The Morgan fingerprint density at radius 2 is 1.75 bits per heavy atom. The predicted molar refractivity (Wildman–Crippen MR) is 154 cm³/mol. The van der Waals surface area contributed by atoms with Crippen LogP contribution < -0.4 is 5.32 Å². The molecule has 0 bridgehead atoms. The van der Waals surface area contributed by atoms with Crippen LogP contribution in [0, 0.1) is 6.92 Å². The SMILES string of the molecule is Cc1nn(C2CCS(=O)(=O)C2)c2nc(-c3ccco3)cc(C(=O)NCCC(c3ccccc3)c3ccccc3)c12. The zero-order valence-corrected chi connectivity index (χ0v) is 23.0. The fourth-order valence-corrected chi connectivity index (χ4v) is 7.28. The molecule has 0 spiro atoms. The number of amides is 1. The Bertz CT molecular complexity index is 1710. The fraction of sp³-hybridized carbons (Fsp3) is 0.258. The Labute approximate surface area is 233 Å². The maximum absolute atomic E-state index is 13.7. The second kappa shape index (κ2) is 10.7. The highest BCUT2D eigenvalue weighted by Crippen LogP contribution is 2.32. The lowest BCUT2D eigenvalue weighted by atomic mass is 9.88. The Kier molecular flexibility index (Phi) is 6.98. The van der Waals surface area contributed by atoms with Crippen LogP contribution in [0.1, 0.15) is 52.0 Å². The number of carbonyl (C=O) groups is 1. The maximum Gasteiger partial charge on any atom is 0.252 e. The molecule has 1 saturated heterocycles. The van der Waals surface area contributed by atoms with Gasteiger partial charge in [-0.1, -0.05) is 60.7 Å². The van der Waals surface area contributed by atoms with Crippen molar-refractivity contribution in [2.24, 2.45) is 0 Å². The van der Waals surface area contributed by atoms with Gasteiger partial charge in [-0.15, -0.1) is 0 Å². The third-order valence-electron chi connectivity index (χ3n) is 7.53. The standard InChI is InChI=1S/C31H30N4O4S/c1-21-29-26(31(36)32-16-14-25(22-9-4-2-5-10-22)23-11-6-3-7-12-23)19-27(28-13-8-17-39-28)33-30(29)35(34-21)24-15-18-40(37,38)20-24/h2-13,17,19,24-25H,14-16,18,20H2,1H3,(H,32,36). The van der Waals surface area contributed by atoms with E-state index in [-0.39, 0.29) is 29.4 Å². The highest BCUT2D eigenvalue weighted by atomic mass is 32.2. The van der Waals surface area contributed by atoms with E-state index in [1.54, 1.807) is 29.1 Å². The van der Waals surface area contributed by atoms with Crippen molar-refractivity contribution in [2.75, 3.05) is 18.1 Å². The molecule has 1 atom stereocenters. The summed E-state index contributed by atoms with van der Waals surface area (Å²) in [6.07, 6.45) is 2.74. The van der Waals surface area contributed by atoms with Crippen LogP contribution in [-0.2, 0) is 9.84 Å². The number of fused-ring (bicyclic) bond motifs is 1. The molecule has 204 valence electrons. The quantitative estimate of drug-likeness (QED) is 0.279. The van der Waals surface area contributed by atoms with E-state index < -0.39 is 9.84 Å². The van der Waals surface area contributed by atoms with Crippen LogP contribution >= 0.6 is 0 Å². The molecule has 9 heteroatoms. The highest BCUT2D eigenvalue weighted by molar-refractivity contribution is 7.91. The predicted octanol–water partition coefficient (Wildman–Crippen LogP) is 5.31. The number of benzene rings is 2. The van der Waals surface area contributed by atoms with E-state index >= 15 is 0 Å². The first kappa shape index (κ1) is 26.0. The van der Waals surface area contributed by atoms with Gasteiger partial charge in [0, 0.05) is 12.5 Å². The molecule has 1 N–H and O–H groups in total. The van der Waals surface area contributed by atoms with Gasteiger partial charge in [0.2, 0.25) is 0 Å². The number of sulfone groups is 1. The van der Waals surface area contributed by atoms with Crippen molar-refractivity contribution in [3.8, 4) is 11.5 Å². The molecule has 5 aromatic rings. The van der Waals surface area contributed by atoms with E-state index in [4.69, 9.17) is 9.40 Å². The van der Waals surface area contributed by atoms with Crippen molar-refractivity contribution >= 4 is 26.8 Å². The zero-order valence-electron chi connectivity index (χ0n) is 22.2. The molecule has 40 heavy (non-hydrogen) atoms. The number of nitrogens with one attached hydrogen (secondary N) is 1. The molecule has 1 aliphatic rings. The smallest absolute Gasteiger partial charge is 0.252 e. The minimum atomic E-state index is -3.14. The summed E-state index contributed by atoms with van der Waals surface area (Å²) in [4.78, 5) is 18.5. The number of hydrogen-bond acceptors (Lipinski definition) is 6. The topological polar surface area (TPSA) is 107 Å². The van der Waals surface area contributed by atoms with E-state index in [1.165, 1.54) is 11.1 Å². The summed E-state index contributed by atoms with van der Waals surface area (Å²) in [6.45, 7) is 2.29. The molecule has 1 unspecified atom stereocenters. The minimum Gasteiger partial charge on any atom is -0.463 e. The third kappa shape index (κ3) is 5.16. The molecular weight excluding hydrogens is 524 g/mol. The van der Waals surface area contributed by atoms with Gasteiger partial charge < -0.3 is 9.73 Å². The number of furan rings is 1. The number of hydrogen-bond donors (Lipinski definition) is 1. The van der Waals surface area contributed by atoms with Gasteiger partial charge >= 0.3 is 0 Å². The van der Waals surface area contributed by atoms with E-state index in [2.05, 4.69) is 34.7 Å². The number of pyridine rings is 1. The largest absolute Gasteiger partial charge is 0.463 e. The molecule has 1 fully saturated rings. The lowest BCUT2D eigenvalue weighted by Crippen LogP contribution is -2.26. The normalized spacial score (nSPS) is 16.5. The van der Waals surface area contributed by atoms with Crippen LogP contribution in [0.2, 0.25) is 0 Å². The maximum atomic E-state index is 13.7. The minimum absolute atomic E-state index is 0.0117. The van der Waals surface area contributed by atoms with Gasteiger partial charge in [-0.3, -0.25) is 4.79 Å². The number of rotatable bonds is 8. The van der Waals surface area contributed by atoms with Crippen LogP contribution in [0.15, 0.2) is 89.5 Å². The molecule has 1 aliphatic heterocycles. The second-order valence-corrected chi connectivity index (χ2v) is 12.5. The van der Waals surface area contributed by atoms with Gasteiger partial charge in [0.25, 0.3) is 5.91 Å². The summed E-state index contributed by atoms with van der Waals surface area (Å²) in [5, 5.41) is 8.42. The van der Waals surface area contributed by atoms with Gasteiger partial charge in [0.15, 0.2) is 21.2 Å². The van der Waals surface area contributed by atoms with Crippen molar-refractivity contribution < 1.29 is 17.6 Å². The summed E-state index contributed by atoms with van der Waals surface area (Å²) >= 11 is 0. The van der Waals surface area contributed by atoms with Gasteiger partial charge in [-0.25, -0.2) is 18.1 Å². The Balaban J connectivity index is 1.32. The van der Waals surface area contributed by atoms with Crippen LogP contribution in [-0.4, -0.2) is 47.1 Å². The summed E-state index contributed by atoms with van der Waals surface area (Å²) in [7, 11) is -3.14. The lowest BCUT2D eigenvalue weighted by Gasteiger charge is -2.18. The number of aryl methyl sites for hydroxylation is 1. The first-order valence-electron chi connectivity index (χ1n) is 13.4. The molecule has 0 radical (unpaired) electrons. The van der Waals surface area contributed by atoms with E-state index in [1.807, 2.05) is 43.3 Å². The van der Waals surface area contributed by atoms with Gasteiger partial charge in [-0.2, -0.15) is 5.10 Å². The molecule has 8 nitrogen and oxygen atoms in total. The van der Waals surface area contributed by atoms with Gasteiger partial charge in [0.05, 0.1) is 40.5 Å². The van der Waals surface area contributed by atoms with Crippen molar-refractivity contribution in [3.05, 3.63) is 108 Å². The van der Waals surface area contributed by atoms with Crippen molar-refractivity contribution in [1.82, 2.24) is 20.1 Å². The Morgan fingerprint density at radius 3 is 2.35 bits per heavy atom. The average molecular weight is 555 g/mol. The fourth-order valence-electron chi connectivity index (χ4n) is 5.59. The van der Waals surface area contributed by atoms with Gasteiger partial charge in [0.1, 0.15) is 5.69 Å². The molecule has 6 rings (SSSR count). The van der Waals surface area contributed by atoms with E-state index in [0.717, 1.165) is 6.42 Å². The first-order chi connectivity index (χ1) is 19.4. The molecule has 0 saturated carbocycles. The van der Waals surface area contributed by atoms with E-state index in [9.17, 15) is 13.2 Å². The highest BCUT2D eigenvalue weighted by Gasteiger charge is 2.32. The van der Waals surface area contributed by atoms with Crippen molar-refractivity contribution in [2.45, 2.75) is 31.7 Å². The lowest BCUT2D eigenvalue weighted by molar-refractivity contribution is 0.0954. The van der Waals surface area contributed by atoms with Crippen LogP contribution in [0.5, 0.6) is 0 Å². The Hall–Kier alpha value is -4.24. The average Bonchev–Trinajstić information content (AvgIpc) is 3.71. The molecule has 0 aliphatic carbocycles. The number of aromatic nitrogens is 3. The monoisotopic (exact) mass is 554 g/mol. The van der Waals surface area contributed by atoms with Crippen molar-refractivity contribution in [1.29, 1.82) is 0 Å². The summed E-state index contributed by atoms with van der Waals surface area (Å²) in [5.41, 5.74) is 4.45. The van der Waals surface area contributed by atoms with Crippen LogP contribution in [0.4, 0.5) is 0 Å². The summed E-state index contributed by atoms with van der Waals surface area (Å²) < 4.78 is 31.7. The summed E-state index contributed by atoms with van der Waals surface area (Å²) in [6, 6.07) is 25.5. The number of nitrogens with zero attached hydrogens (tertiary/aromatic N) is 3. The molecular formula is C31H30N4O4S.